The summed E-state index contributed by atoms with van der Waals surface area (Å²) in [6, 6.07) is 2.48. The molecule has 43 heavy (non-hydrogen) atoms. The molecule has 4 N–H and O–H groups in total. The molecule has 0 bridgehead atoms. The van der Waals surface area contributed by atoms with Crippen molar-refractivity contribution < 1.29 is 46.2 Å². The van der Waals surface area contributed by atoms with Crippen molar-refractivity contribution in [1.82, 2.24) is 30.0 Å². The van der Waals surface area contributed by atoms with Crippen LogP contribution in [-0.2, 0) is 22.8 Å². The van der Waals surface area contributed by atoms with E-state index >= 15 is 0 Å². The van der Waals surface area contributed by atoms with Crippen molar-refractivity contribution in [3.05, 3.63) is 52.7 Å². The Balaban J connectivity index is 0.00000135. The number of anilines is 1. The molecule has 5 rings (SSSR count). The van der Waals surface area contributed by atoms with E-state index in [1.165, 1.54) is 25.2 Å². The van der Waals surface area contributed by atoms with Gasteiger partial charge in [0.15, 0.2) is 11.5 Å². The van der Waals surface area contributed by atoms with Gasteiger partial charge in [-0.25, -0.2) is 13.8 Å². The number of hydrogen-bond donors (Lipinski definition) is 4. The molecule has 1 saturated heterocycles. The lowest BCUT2D eigenvalue weighted by Crippen LogP contribution is -2.43. The maximum absolute atomic E-state index is 13.7. The summed E-state index contributed by atoms with van der Waals surface area (Å²) in [5, 5.41) is 18.8. The summed E-state index contributed by atoms with van der Waals surface area (Å²) in [6.45, 7) is 0.866. The minimum absolute atomic E-state index is 0.0508. The minimum Gasteiger partial charge on any atom is -0.483 e. The first-order valence-corrected chi connectivity index (χ1v) is 12.9. The summed E-state index contributed by atoms with van der Waals surface area (Å²) >= 11 is 6.29. The van der Waals surface area contributed by atoms with Gasteiger partial charge in [0.1, 0.15) is 6.04 Å². The molecule has 1 aromatic carbocycles. The number of alkyl halides is 5. The van der Waals surface area contributed by atoms with Gasteiger partial charge in [-0.15, -0.1) is 0 Å². The van der Waals surface area contributed by atoms with Gasteiger partial charge in [-0.2, -0.15) is 18.3 Å². The highest BCUT2D eigenvalue weighted by molar-refractivity contribution is 6.34. The average Bonchev–Trinajstić information content (AvgIpc) is 3.35. The molecule has 2 fully saturated rings. The van der Waals surface area contributed by atoms with Crippen LogP contribution in [0.5, 0.6) is 0 Å². The molecular weight excluding hydrogens is 609 g/mol. The third kappa shape index (κ3) is 6.78. The van der Waals surface area contributed by atoms with Crippen LogP contribution in [0, 0.1) is 0 Å². The molecule has 1 aliphatic heterocycles. The summed E-state index contributed by atoms with van der Waals surface area (Å²) in [5.41, 5.74) is -1.63. The quantitative estimate of drug-likeness (QED) is 0.229. The topological polar surface area (TPSA) is 152 Å². The zero-order valence-electron chi connectivity index (χ0n) is 22.5. The predicted molar refractivity (Wildman–Crippen MR) is 141 cm³/mol. The Morgan fingerprint density at radius 2 is 1.93 bits per heavy atom. The summed E-state index contributed by atoms with van der Waals surface area (Å²) in [5.74, 6) is -4.61. The first-order chi connectivity index (χ1) is 20.2. The summed E-state index contributed by atoms with van der Waals surface area (Å²) in [4.78, 5) is 37.9. The van der Waals surface area contributed by atoms with E-state index in [-0.39, 0.29) is 46.4 Å². The van der Waals surface area contributed by atoms with E-state index in [1.807, 2.05) is 0 Å². The lowest BCUT2D eigenvalue weighted by atomic mass is 10.1. The summed E-state index contributed by atoms with van der Waals surface area (Å²) in [7, 11) is 2.86. The van der Waals surface area contributed by atoms with E-state index in [0.717, 1.165) is 17.0 Å². The number of imidazole rings is 1. The van der Waals surface area contributed by atoms with Crippen molar-refractivity contribution in [3.63, 3.8) is 0 Å². The Kier molecular flexibility index (Phi) is 9.08. The second-order valence-corrected chi connectivity index (χ2v) is 10.0. The van der Waals surface area contributed by atoms with Crippen LogP contribution in [0.25, 0.3) is 11.3 Å². The van der Waals surface area contributed by atoms with Crippen molar-refractivity contribution in [3.8, 4) is 11.3 Å². The maximum atomic E-state index is 13.7. The van der Waals surface area contributed by atoms with E-state index in [9.17, 15) is 31.5 Å². The van der Waals surface area contributed by atoms with Gasteiger partial charge in [0, 0.05) is 45.6 Å². The molecule has 2 aliphatic rings. The van der Waals surface area contributed by atoms with Crippen LogP contribution in [0.15, 0.2) is 30.6 Å². The molecule has 2 amide bonds. The molecule has 12 nitrogen and oxygen atoms in total. The molecule has 232 valence electrons. The van der Waals surface area contributed by atoms with Crippen LogP contribution >= 0.6 is 11.6 Å². The second kappa shape index (κ2) is 12.3. The number of ether oxygens (including phenoxy) is 1. The van der Waals surface area contributed by atoms with E-state index in [2.05, 4.69) is 26.0 Å². The van der Waals surface area contributed by atoms with Gasteiger partial charge in [-0.3, -0.25) is 19.1 Å². The highest BCUT2D eigenvalue weighted by atomic mass is 35.5. The molecule has 0 radical (unpaired) electrons. The average molecular weight is 634 g/mol. The van der Waals surface area contributed by atoms with Crippen molar-refractivity contribution in [2.24, 2.45) is 7.05 Å². The van der Waals surface area contributed by atoms with E-state index in [0.29, 0.717) is 17.8 Å². The number of carbonyl (C=O) groups excluding carboxylic acids is 2. The zero-order valence-corrected chi connectivity index (χ0v) is 23.2. The van der Waals surface area contributed by atoms with Gasteiger partial charge in [0.2, 0.25) is 0 Å². The molecule has 18 heteroatoms. The fourth-order valence-electron chi connectivity index (χ4n) is 4.56. The molecule has 2 aromatic heterocycles. The Morgan fingerprint density at radius 1 is 1.26 bits per heavy atom. The van der Waals surface area contributed by atoms with Crippen molar-refractivity contribution in [2.45, 2.75) is 36.7 Å². The van der Waals surface area contributed by atoms with Crippen LogP contribution in [-0.4, -0.2) is 81.0 Å². The van der Waals surface area contributed by atoms with Crippen molar-refractivity contribution >= 4 is 35.6 Å². The fraction of sp³-hybridized carbons (Fsp3) is 0.400. The molecule has 1 unspecified atom stereocenters. The number of carboxylic acid groups (broad SMARTS) is 1. The maximum Gasteiger partial charge on any atom is 0.435 e. The first-order valence-electron chi connectivity index (χ1n) is 12.5. The monoisotopic (exact) mass is 633 g/mol. The van der Waals surface area contributed by atoms with Crippen molar-refractivity contribution in [1.29, 1.82) is 0 Å². The molecule has 1 aliphatic carbocycles. The van der Waals surface area contributed by atoms with Crippen molar-refractivity contribution in [2.75, 3.05) is 25.5 Å². The van der Waals surface area contributed by atoms with Crippen LogP contribution in [0.2, 0.25) is 5.02 Å². The first kappa shape index (κ1) is 31.8. The number of nitrogens with one attached hydrogen (secondary N) is 3. The lowest BCUT2D eigenvalue weighted by Gasteiger charge is -2.19. The molecule has 1 saturated carbocycles. The van der Waals surface area contributed by atoms with Crippen LogP contribution in [0.3, 0.4) is 0 Å². The molecule has 3 heterocycles. The van der Waals surface area contributed by atoms with Crippen LogP contribution in [0.4, 0.5) is 27.6 Å². The number of amides is 2. The minimum atomic E-state index is -4.93. The fourth-order valence-corrected chi connectivity index (χ4v) is 4.83. The van der Waals surface area contributed by atoms with Gasteiger partial charge in [-0.1, -0.05) is 11.6 Å². The van der Waals surface area contributed by atoms with Crippen LogP contribution in [0.1, 0.15) is 39.1 Å². The number of nitrogens with zero attached hydrogens (tertiary/aromatic N) is 4. The third-order valence-corrected chi connectivity index (χ3v) is 7.14. The molecular formula is C25H25ClF5N7O5. The Bertz CT molecular complexity index is 1530. The number of aromatic nitrogens is 4. The number of hydrogen-bond acceptors (Lipinski definition) is 7. The zero-order chi connectivity index (χ0) is 31.7. The molecule has 3 aromatic rings. The smallest absolute Gasteiger partial charge is 0.435 e. The standard InChI is InChI=1S/C24H23ClF5N7O3.CH2O2/c1-36-16(13-10-37(18-6-23(18,26)27)35-19(13)24(28,29)30)8-32-20(36)22(39)33-11-3-4-12(14(25)5-11)21(38)34-15-7-31-9-17(15)40-2;2-1-3/h3-5,8,10,15,17-18,31H,6-7,9H2,1-2H3,(H,33,39)(H,34,38);1H,(H,2,3)/t15-,17-,18?;/m0./s1. The Labute approximate surface area is 245 Å². The van der Waals surface area contributed by atoms with Gasteiger partial charge in [-0.05, 0) is 18.2 Å². The van der Waals surface area contributed by atoms with Gasteiger partial charge in [0.25, 0.3) is 24.2 Å². The van der Waals surface area contributed by atoms with E-state index in [1.54, 1.807) is 7.11 Å². The SMILES string of the molecule is CO[C@H]1CNC[C@@H]1NC(=O)c1ccc(NC(=O)c2ncc(-c3cn(C4CC4(F)F)nc3C(F)(F)F)n2C)cc1Cl.O=CO. The number of benzene rings is 1. The number of halogens is 6. The predicted octanol–water partition coefficient (Wildman–Crippen LogP) is 3.21. The largest absolute Gasteiger partial charge is 0.483 e. The van der Waals surface area contributed by atoms with Gasteiger partial charge in [0.05, 0.1) is 40.2 Å². The Hall–Kier alpha value is -4.09. The van der Waals surface area contributed by atoms with E-state index < -0.39 is 47.6 Å². The number of carbonyl (C=O) groups is 3. The van der Waals surface area contributed by atoms with Crippen LogP contribution < -0.4 is 16.0 Å². The highest BCUT2D eigenvalue weighted by Crippen LogP contribution is 2.53. The van der Waals surface area contributed by atoms with Gasteiger partial charge >= 0.3 is 6.18 Å². The van der Waals surface area contributed by atoms with Gasteiger partial charge < -0.3 is 30.4 Å². The third-order valence-electron chi connectivity index (χ3n) is 6.83. The highest BCUT2D eigenvalue weighted by Gasteiger charge is 2.59. The molecule has 0 spiro atoms. The second-order valence-electron chi connectivity index (χ2n) is 9.64. The summed E-state index contributed by atoms with van der Waals surface area (Å²) < 4.78 is 75.0. The molecule has 3 atom stereocenters. The lowest BCUT2D eigenvalue weighted by molar-refractivity contribution is -0.141. The number of methoxy groups -OCH3 is 1. The Morgan fingerprint density at radius 3 is 2.51 bits per heavy atom. The van der Waals surface area contributed by atoms with E-state index in [4.69, 9.17) is 26.2 Å². The number of rotatable bonds is 7. The summed E-state index contributed by atoms with van der Waals surface area (Å²) in [6.07, 6.45) is -3.82. The normalized spacial score (nSPS) is 20.6.